The fourth-order valence-corrected chi connectivity index (χ4v) is 3.23. The normalized spacial score (nSPS) is 12.6. The van der Waals surface area contributed by atoms with E-state index in [1.807, 2.05) is 29.9 Å². The van der Waals surface area contributed by atoms with Crippen LogP contribution in [0.15, 0.2) is 35.3 Å². The Balaban J connectivity index is 2.23. The van der Waals surface area contributed by atoms with Crippen molar-refractivity contribution in [3.63, 3.8) is 0 Å². The molecule has 2 N–H and O–H groups in total. The van der Waals surface area contributed by atoms with E-state index >= 15 is 0 Å². The number of hydrogen-bond donors (Lipinski definition) is 2. The highest BCUT2D eigenvalue weighted by atomic mass is 16.2. The SMILES string of the molecule is CCc1nn(C)c(CC)c1CN=C(NCC(=O)N(C)C)NC(C)c1ccccc1. The Bertz CT molecular complexity index is 825. The van der Waals surface area contributed by atoms with E-state index in [4.69, 9.17) is 4.99 Å². The molecule has 0 aliphatic rings. The first kappa shape index (κ1) is 22.5. The predicted molar refractivity (Wildman–Crippen MR) is 118 cm³/mol. The number of aliphatic imine (C=N–C) groups is 1. The van der Waals surface area contributed by atoms with Gasteiger partial charge in [0.25, 0.3) is 0 Å². The summed E-state index contributed by atoms with van der Waals surface area (Å²) >= 11 is 0. The number of carbonyl (C=O) groups is 1. The molecule has 29 heavy (non-hydrogen) atoms. The quantitative estimate of drug-likeness (QED) is 0.529. The van der Waals surface area contributed by atoms with E-state index in [1.165, 1.54) is 11.3 Å². The van der Waals surface area contributed by atoms with Gasteiger partial charge in [-0.05, 0) is 25.3 Å². The van der Waals surface area contributed by atoms with Crippen LogP contribution in [0.4, 0.5) is 0 Å². The van der Waals surface area contributed by atoms with Crippen LogP contribution < -0.4 is 10.6 Å². The number of likely N-dealkylation sites (N-methyl/N-ethyl adjacent to an activating group) is 1. The van der Waals surface area contributed by atoms with Crippen molar-refractivity contribution >= 4 is 11.9 Å². The molecule has 0 aliphatic carbocycles. The molecule has 1 amide bonds. The average molecular weight is 399 g/mol. The van der Waals surface area contributed by atoms with Gasteiger partial charge in [-0.3, -0.25) is 9.48 Å². The number of hydrogen-bond acceptors (Lipinski definition) is 3. The topological polar surface area (TPSA) is 74.5 Å². The zero-order valence-corrected chi connectivity index (χ0v) is 18.5. The van der Waals surface area contributed by atoms with Crippen molar-refractivity contribution in [2.24, 2.45) is 12.0 Å². The second kappa shape index (κ2) is 10.6. The lowest BCUT2D eigenvalue weighted by molar-refractivity contribution is -0.127. The van der Waals surface area contributed by atoms with Gasteiger partial charge in [0.2, 0.25) is 5.91 Å². The fraction of sp³-hybridized carbons (Fsp3) is 0.500. The zero-order chi connectivity index (χ0) is 21.4. The van der Waals surface area contributed by atoms with Crippen LogP contribution >= 0.6 is 0 Å². The van der Waals surface area contributed by atoms with Crippen LogP contribution in [-0.4, -0.2) is 47.2 Å². The summed E-state index contributed by atoms with van der Waals surface area (Å²) in [4.78, 5) is 18.4. The number of guanidine groups is 1. The maximum absolute atomic E-state index is 12.0. The number of nitrogens with one attached hydrogen (secondary N) is 2. The minimum absolute atomic E-state index is 0.00302. The van der Waals surface area contributed by atoms with E-state index < -0.39 is 0 Å². The van der Waals surface area contributed by atoms with Gasteiger partial charge in [-0.25, -0.2) is 4.99 Å². The zero-order valence-electron chi connectivity index (χ0n) is 18.5. The number of aryl methyl sites for hydroxylation is 2. The smallest absolute Gasteiger partial charge is 0.241 e. The maximum atomic E-state index is 12.0. The summed E-state index contributed by atoms with van der Waals surface area (Å²) in [5.74, 6) is 0.612. The molecule has 158 valence electrons. The van der Waals surface area contributed by atoms with Gasteiger partial charge < -0.3 is 15.5 Å². The summed E-state index contributed by atoms with van der Waals surface area (Å²) in [6.07, 6.45) is 1.78. The van der Waals surface area contributed by atoms with Crippen molar-refractivity contribution in [1.82, 2.24) is 25.3 Å². The van der Waals surface area contributed by atoms with E-state index in [2.05, 4.69) is 48.6 Å². The first-order valence-corrected chi connectivity index (χ1v) is 10.2. The van der Waals surface area contributed by atoms with Crippen LogP contribution in [0.25, 0.3) is 0 Å². The van der Waals surface area contributed by atoms with Crippen LogP contribution in [-0.2, 0) is 31.2 Å². The maximum Gasteiger partial charge on any atom is 0.241 e. The van der Waals surface area contributed by atoms with Gasteiger partial charge in [0.15, 0.2) is 5.96 Å². The molecule has 0 radical (unpaired) electrons. The van der Waals surface area contributed by atoms with Crippen LogP contribution in [0.5, 0.6) is 0 Å². The minimum Gasteiger partial charge on any atom is -0.350 e. The van der Waals surface area contributed by atoms with Crippen molar-refractivity contribution in [3.8, 4) is 0 Å². The lowest BCUT2D eigenvalue weighted by Gasteiger charge is -2.19. The van der Waals surface area contributed by atoms with Crippen molar-refractivity contribution in [2.45, 2.75) is 46.2 Å². The molecule has 7 heteroatoms. The van der Waals surface area contributed by atoms with Crippen LogP contribution in [0, 0.1) is 0 Å². The van der Waals surface area contributed by atoms with E-state index in [9.17, 15) is 4.79 Å². The highest BCUT2D eigenvalue weighted by molar-refractivity contribution is 5.86. The Hall–Kier alpha value is -2.83. The first-order chi connectivity index (χ1) is 13.9. The summed E-state index contributed by atoms with van der Waals surface area (Å²) < 4.78 is 1.95. The molecule has 1 heterocycles. The Kier molecular flexibility index (Phi) is 8.24. The molecule has 2 aromatic rings. The van der Waals surface area contributed by atoms with Gasteiger partial charge in [-0.15, -0.1) is 0 Å². The van der Waals surface area contributed by atoms with Crippen LogP contribution in [0.3, 0.4) is 0 Å². The van der Waals surface area contributed by atoms with E-state index in [0.717, 1.165) is 24.1 Å². The van der Waals surface area contributed by atoms with E-state index in [1.54, 1.807) is 19.0 Å². The van der Waals surface area contributed by atoms with Gasteiger partial charge in [0.1, 0.15) is 0 Å². The molecule has 1 atom stereocenters. The molecular formula is C22H34N6O. The number of aromatic nitrogens is 2. The summed E-state index contributed by atoms with van der Waals surface area (Å²) in [5, 5.41) is 11.2. The molecule has 0 aliphatic heterocycles. The van der Waals surface area contributed by atoms with Gasteiger partial charge in [-0.2, -0.15) is 5.10 Å². The molecule has 0 spiro atoms. The summed E-state index contributed by atoms with van der Waals surface area (Å²) in [6.45, 7) is 7.04. The van der Waals surface area contributed by atoms with Gasteiger partial charge in [0, 0.05) is 32.4 Å². The third kappa shape index (κ3) is 6.07. The molecular weight excluding hydrogens is 364 g/mol. The van der Waals surface area contributed by atoms with Crippen LogP contribution in [0.2, 0.25) is 0 Å². The number of amides is 1. The molecule has 1 aromatic heterocycles. The molecule has 2 rings (SSSR count). The van der Waals surface area contributed by atoms with E-state index in [-0.39, 0.29) is 18.5 Å². The summed E-state index contributed by atoms with van der Waals surface area (Å²) in [6, 6.07) is 10.2. The average Bonchev–Trinajstić information content (AvgIpc) is 3.04. The molecule has 0 saturated heterocycles. The number of carbonyl (C=O) groups excluding carboxylic acids is 1. The lowest BCUT2D eigenvalue weighted by Crippen LogP contribution is -2.43. The highest BCUT2D eigenvalue weighted by Crippen LogP contribution is 2.17. The number of rotatable bonds is 8. The van der Waals surface area contributed by atoms with Gasteiger partial charge >= 0.3 is 0 Å². The molecule has 0 saturated carbocycles. The van der Waals surface area contributed by atoms with Crippen LogP contribution in [0.1, 0.15) is 49.3 Å². The predicted octanol–water partition coefficient (Wildman–Crippen LogP) is 2.43. The summed E-state index contributed by atoms with van der Waals surface area (Å²) in [5.41, 5.74) is 4.61. The summed E-state index contributed by atoms with van der Waals surface area (Å²) in [7, 11) is 5.48. The van der Waals surface area contributed by atoms with Crippen molar-refractivity contribution in [3.05, 3.63) is 52.8 Å². The lowest BCUT2D eigenvalue weighted by atomic mass is 10.1. The monoisotopic (exact) mass is 398 g/mol. The Morgan fingerprint density at radius 1 is 1.21 bits per heavy atom. The molecule has 0 bridgehead atoms. The molecule has 1 unspecified atom stereocenters. The third-order valence-electron chi connectivity index (χ3n) is 4.98. The second-order valence-corrected chi connectivity index (χ2v) is 7.29. The molecule has 0 fully saturated rings. The Morgan fingerprint density at radius 2 is 1.90 bits per heavy atom. The molecule has 7 nitrogen and oxygen atoms in total. The second-order valence-electron chi connectivity index (χ2n) is 7.29. The van der Waals surface area contributed by atoms with Crippen molar-refractivity contribution in [1.29, 1.82) is 0 Å². The Labute approximate surface area is 174 Å². The van der Waals surface area contributed by atoms with Gasteiger partial charge in [0.05, 0.1) is 24.8 Å². The van der Waals surface area contributed by atoms with E-state index in [0.29, 0.717) is 12.5 Å². The molecule has 1 aromatic carbocycles. The standard InChI is InChI=1S/C22H34N6O/c1-7-19-18(20(8-2)28(6)26-19)14-23-22(24-15-21(29)27(4)5)25-16(3)17-12-10-9-11-13-17/h9-13,16H,7-8,14-15H2,1-6H3,(H2,23,24,25). The van der Waals surface area contributed by atoms with Gasteiger partial charge in [-0.1, -0.05) is 44.2 Å². The van der Waals surface area contributed by atoms with Crippen molar-refractivity contribution < 1.29 is 4.79 Å². The first-order valence-electron chi connectivity index (χ1n) is 10.2. The fourth-order valence-electron chi connectivity index (χ4n) is 3.23. The highest BCUT2D eigenvalue weighted by Gasteiger charge is 2.15. The van der Waals surface area contributed by atoms with Crippen molar-refractivity contribution in [2.75, 3.05) is 20.6 Å². The largest absolute Gasteiger partial charge is 0.350 e. The number of nitrogens with zero attached hydrogens (tertiary/aromatic N) is 4. The minimum atomic E-state index is -0.00302. The Morgan fingerprint density at radius 3 is 2.48 bits per heavy atom. The third-order valence-corrected chi connectivity index (χ3v) is 4.98. The number of benzene rings is 1.